The van der Waals surface area contributed by atoms with Crippen LogP contribution in [0, 0.1) is 111 Å². The Bertz CT molecular complexity index is 1680. The van der Waals surface area contributed by atoms with E-state index in [-0.39, 0.29) is 13.3 Å². The van der Waals surface area contributed by atoms with Crippen molar-refractivity contribution in [2.45, 2.75) is 0 Å². The molecule has 0 spiro atoms. The Morgan fingerprint density at radius 2 is 0.523 bits per heavy atom. The van der Waals surface area contributed by atoms with Crippen LogP contribution in [0.5, 0.6) is 0 Å². The summed E-state index contributed by atoms with van der Waals surface area (Å²) >= 11 is 0. The second-order valence-corrected chi connectivity index (χ2v) is 7.90. The van der Waals surface area contributed by atoms with Crippen LogP contribution in [0.4, 0.5) is 83.4 Å². The van der Waals surface area contributed by atoms with Crippen molar-refractivity contribution in [2.24, 2.45) is 0 Å². The van der Waals surface area contributed by atoms with Gasteiger partial charge in [0.25, 0.3) is 0 Å². The first-order chi connectivity index (χ1) is 20.3. The first kappa shape index (κ1) is 34.1. The first-order valence-electron chi connectivity index (χ1n) is 10.5. The van der Waals surface area contributed by atoms with E-state index in [2.05, 4.69) is 0 Å². The highest BCUT2D eigenvalue weighted by Gasteiger charge is 2.32. The van der Waals surface area contributed by atoms with E-state index in [0.29, 0.717) is 0 Å². The maximum absolute atomic E-state index is 13.4. The topological polar surface area (TPSA) is 0 Å². The van der Waals surface area contributed by atoms with Gasteiger partial charge in [0, 0.05) is 5.56 Å². The van der Waals surface area contributed by atoms with Crippen molar-refractivity contribution < 1.29 is 83.4 Å². The van der Waals surface area contributed by atoms with E-state index in [0.717, 1.165) is 0 Å². The standard InChI is InChI=1S/C12BF10.C12HF9/c14-3-1(4(15)8(19)11(22)7(3)18)13-2-5(16)9(20)12(23)10(21)6(2)17;13-3-1-2(5(14)9(18)6(3)15)4-7(16)10(19)12(21)11(20)8(4)17/h;1H. The third kappa shape index (κ3) is 5.52. The van der Waals surface area contributed by atoms with Gasteiger partial charge in [0.2, 0.25) is 13.1 Å². The van der Waals surface area contributed by atoms with E-state index in [1.807, 2.05) is 0 Å². The zero-order valence-electron chi connectivity index (χ0n) is 19.8. The van der Waals surface area contributed by atoms with Crippen LogP contribution in [0.15, 0.2) is 6.07 Å². The Kier molecular flexibility index (Phi) is 9.54. The number of benzene rings is 4. The fourth-order valence-corrected chi connectivity index (χ4v) is 3.24. The molecule has 4 aromatic rings. The predicted octanol–water partition coefficient (Wildman–Crippen LogP) is 7.34. The molecule has 0 atom stereocenters. The van der Waals surface area contributed by atoms with Crippen LogP contribution in [0.2, 0.25) is 0 Å². The van der Waals surface area contributed by atoms with Crippen LogP contribution < -0.4 is 10.9 Å². The number of hydrogen-bond acceptors (Lipinski definition) is 0. The van der Waals surface area contributed by atoms with Crippen molar-refractivity contribution >= 4 is 18.2 Å². The molecule has 0 aliphatic heterocycles. The Balaban J connectivity index is 0.000000241. The van der Waals surface area contributed by atoms with E-state index >= 15 is 0 Å². The summed E-state index contributed by atoms with van der Waals surface area (Å²) < 4.78 is 249. The van der Waals surface area contributed by atoms with Crippen LogP contribution in [-0.4, -0.2) is 7.28 Å². The molecule has 0 N–H and O–H groups in total. The van der Waals surface area contributed by atoms with Gasteiger partial charge < -0.3 is 0 Å². The minimum Gasteiger partial charge on any atom is -0.204 e. The van der Waals surface area contributed by atoms with Gasteiger partial charge in [-0.3, -0.25) is 0 Å². The van der Waals surface area contributed by atoms with Gasteiger partial charge >= 0.3 is 0 Å². The van der Waals surface area contributed by atoms with Crippen LogP contribution >= 0.6 is 0 Å². The van der Waals surface area contributed by atoms with Gasteiger partial charge in [-0.1, -0.05) is 0 Å². The van der Waals surface area contributed by atoms with Gasteiger partial charge in [-0.15, -0.1) is 0 Å². The zero-order chi connectivity index (χ0) is 33.7. The average Bonchev–Trinajstić information content (AvgIpc) is 3.00. The zero-order valence-corrected chi connectivity index (χ0v) is 19.8. The highest BCUT2D eigenvalue weighted by atomic mass is 19.2. The Morgan fingerprint density at radius 1 is 0.273 bits per heavy atom. The molecule has 0 unspecified atom stereocenters. The first-order valence-corrected chi connectivity index (χ1v) is 10.5. The molecule has 0 nitrogen and oxygen atoms in total. The largest absolute Gasteiger partial charge is 0.207 e. The fraction of sp³-hybridized carbons (Fsp3) is 0. The lowest BCUT2D eigenvalue weighted by molar-refractivity contribution is 0.379. The van der Waals surface area contributed by atoms with Crippen molar-refractivity contribution in [3.8, 4) is 11.1 Å². The lowest BCUT2D eigenvalue weighted by atomic mass is 9.62. The van der Waals surface area contributed by atoms with E-state index < -0.39 is 133 Å². The third-order valence-corrected chi connectivity index (χ3v) is 5.36. The lowest BCUT2D eigenvalue weighted by Crippen LogP contribution is -2.39. The summed E-state index contributed by atoms with van der Waals surface area (Å²) in [5.74, 6) is -46.4. The molecular formula is C24HBF19. The van der Waals surface area contributed by atoms with Crippen molar-refractivity contribution in [3.05, 3.63) is 117 Å². The van der Waals surface area contributed by atoms with Gasteiger partial charge in [-0.25, -0.2) is 83.4 Å². The molecule has 0 saturated heterocycles. The van der Waals surface area contributed by atoms with Crippen molar-refractivity contribution in [1.29, 1.82) is 0 Å². The number of rotatable bonds is 3. The molecule has 0 saturated carbocycles. The van der Waals surface area contributed by atoms with E-state index in [4.69, 9.17) is 0 Å². The summed E-state index contributed by atoms with van der Waals surface area (Å²) in [6.07, 6.45) is 0. The van der Waals surface area contributed by atoms with Crippen LogP contribution in [-0.2, 0) is 0 Å². The van der Waals surface area contributed by atoms with Gasteiger partial charge in [-0.2, -0.15) is 0 Å². The molecule has 0 bridgehead atoms. The molecule has 44 heavy (non-hydrogen) atoms. The van der Waals surface area contributed by atoms with Crippen LogP contribution in [0.1, 0.15) is 0 Å². The number of halogens is 19. The van der Waals surface area contributed by atoms with Crippen molar-refractivity contribution in [1.82, 2.24) is 0 Å². The summed E-state index contributed by atoms with van der Waals surface area (Å²) in [4.78, 5) is 0. The monoisotopic (exact) mass is 661 g/mol. The molecule has 0 fully saturated rings. The SMILES string of the molecule is Fc1c(F)c(F)c([B]c2c(F)c(F)c(F)c(F)c2F)c(F)c1F.Fc1cc(-c2c(F)c(F)c(F)c(F)c2F)c(F)c(F)c1F. The van der Waals surface area contributed by atoms with Crippen molar-refractivity contribution in [3.63, 3.8) is 0 Å². The third-order valence-electron chi connectivity index (χ3n) is 5.36. The maximum Gasteiger partial charge on any atom is 0.207 e. The molecular weight excluding hydrogens is 660 g/mol. The van der Waals surface area contributed by atoms with Crippen LogP contribution in [0.3, 0.4) is 0 Å². The summed E-state index contributed by atoms with van der Waals surface area (Å²) in [5, 5.41) is 0. The normalized spacial score (nSPS) is 11.1. The number of hydrogen-bond donors (Lipinski definition) is 0. The lowest BCUT2D eigenvalue weighted by Gasteiger charge is -2.10. The molecule has 0 heterocycles. The molecule has 0 aliphatic rings. The second-order valence-electron chi connectivity index (χ2n) is 7.90. The molecule has 0 aliphatic carbocycles. The highest BCUT2D eigenvalue weighted by Crippen LogP contribution is 2.35. The predicted molar refractivity (Wildman–Crippen MR) is 109 cm³/mol. The fourth-order valence-electron chi connectivity index (χ4n) is 3.24. The molecule has 4 rings (SSSR count). The minimum atomic E-state index is -2.55. The summed E-state index contributed by atoms with van der Waals surface area (Å²) in [6, 6.07) is -0.216. The molecule has 0 aromatic heterocycles. The molecule has 20 heteroatoms. The molecule has 0 amide bonds. The average molecular weight is 661 g/mol. The van der Waals surface area contributed by atoms with Gasteiger partial charge in [0.1, 0.15) is 0 Å². The summed E-state index contributed by atoms with van der Waals surface area (Å²) in [6.45, 7) is 0. The summed E-state index contributed by atoms with van der Waals surface area (Å²) in [5.41, 5.74) is -7.25. The maximum atomic E-state index is 13.4. The van der Waals surface area contributed by atoms with E-state index in [1.165, 1.54) is 0 Å². The Hall–Kier alpha value is -4.39. The van der Waals surface area contributed by atoms with Gasteiger partial charge in [-0.05, 0) is 17.0 Å². The summed E-state index contributed by atoms with van der Waals surface area (Å²) in [7, 11) is -0.369. The highest BCUT2D eigenvalue weighted by molar-refractivity contribution is 6.67. The van der Waals surface area contributed by atoms with Crippen molar-refractivity contribution in [2.75, 3.05) is 0 Å². The van der Waals surface area contributed by atoms with Gasteiger partial charge in [0.05, 0.1) is 5.56 Å². The van der Waals surface area contributed by atoms with E-state index in [9.17, 15) is 83.4 Å². The minimum absolute atomic E-state index is 0.216. The molecule has 1 radical (unpaired) electrons. The van der Waals surface area contributed by atoms with Crippen LogP contribution in [0.25, 0.3) is 11.1 Å². The Labute approximate surface area is 230 Å². The molecule has 233 valence electrons. The Morgan fingerprint density at radius 3 is 0.841 bits per heavy atom. The quantitative estimate of drug-likeness (QED) is 0.0934. The second kappa shape index (κ2) is 12.3. The smallest absolute Gasteiger partial charge is 0.204 e. The van der Waals surface area contributed by atoms with Gasteiger partial charge in [0.15, 0.2) is 105 Å². The molecule has 4 aromatic carbocycles. The van der Waals surface area contributed by atoms with E-state index in [1.54, 1.807) is 0 Å².